The molecule has 0 spiro atoms. The fourth-order valence-electron chi connectivity index (χ4n) is 18.0. The van der Waals surface area contributed by atoms with E-state index in [9.17, 15) is 48.6 Å². The molecule has 6 amide bonds. The molecule has 16 rings (SSSR count). The molecular formula is C84H108Cl2N14O20S. The molecule has 7 N–H and O–H groups in total. The van der Waals surface area contributed by atoms with Crippen molar-refractivity contribution in [3.63, 3.8) is 0 Å². The van der Waals surface area contributed by atoms with Gasteiger partial charge < -0.3 is 93.6 Å². The number of aliphatic carboxylic acids is 2. The van der Waals surface area contributed by atoms with Crippen molar-refractivity contribution in [1.82, 2.24) is 71.0 Å². The van der Waals surface area contributed by atoms with Crippen molar-refractivity contribution >= 4 is 104 Å². The van der Waals surface area contributed by atoms with Crippen molar-refractivity contribution in [1.29, 1.82) is 0 Å². The zero-order valence-electron chi connectivity index (χ0n) is 69.5. The molecule has 6 aromatic rings. The summed E-state index contributed by atoms with van der Waals surface area (Å²) in [5, 5.41) is 42.2. The van der Waals surface area contributed by atoms with E-state index in [0.717, 1.165) is 51.9 Å². The zero-order valence-corrected chi connectivity index (χ0v) is 71.8. The summed E-state index contributed by atoms with van der Waals surface area (Å²) in [6.07, 6.45) is 7.13. The maximum atomic E-state index is 14.7. The van der Waals surface area contributed by atoms with Crippen molar-refractivity contribution in [2.24, 2.45) is 46.3 Å². The average molecular weight is 1740 g/mol. The first-order valence-corrected chi connectivity index (χ1v) is 43.7. The van der Waals surface area contributed by atoms with E-state index < -0.39 is 106 Å². The van der Waals surface area contributed by atoms with Gasteiger partial charge in [-0.25, -0.2) is 34.1 Å². The molecule has 6 aliphatic carbocycles. The lowest BCUT2D eigenvalue weighted by Crippen LogP contribution is -2.59. The van der Waals surface area contributed by atoms with Crippen molar-refractivity contribution in [2.45, 2.75) is 199 Å². The van der Waals surface area contributed by atoms with Crippen LogP contribution < -0.4 is 49.7 Å². The van der Waals surface area contributed by atoms with Gasteiger partial charge in [-0.1, -0.05) is 108 Å². The lowest BCUT2D eigenvalue weighted by atomic mass is 9.85. The van der Waals surface area contributed by atoms with Crippen LogP contribution in [0, 0.1) is 53.3 Å². The number of fused-ring (bicyclic) bond motifs is 4. The van der Waals surface area contributed by atoms with Crippen LogP contribution in [0.2, 0.25) is 10.0 Å². The minimum atomic E-state index is -1.43. The number of likely N-dealkylation sites (tertiary alicyclic amines) is 2. The van der Waals surface area contributed by atoms with Crippen LogP contribution in [0.15, 0.2) is 48.8 Å². The lowest BCUT2D eigenvalue weighted by Gasteiger charge is -2.35. The first-order valence-electron chi connectivity index (χ1n) is 42.1. The zero-order chi connectivity index (χ0) is 85.6. The van der Waals surface area contributed by atoms with Gasteiger partial charge in [-0.2, -0.15) is 0 Å². The number of carbonyl (C=O) groups is 8. The van der Waals surface area contributed by atoms with Gasteiger partial charge in [0.15, 0.2) is 0 Å². The second kappa shape index (κ2) is 35.8. The van der Waals surface area contributed by atoms with Crippen LogP contribution in [-0.2, 0) is 47.7 Å². The van der Waals surface area contributed by atoms with E-state index in [1.807, 2.05) is 55.4 Å². The summed E-state index contributed by atoms with van der Waals surface area (Å²) in [7, 11) is 0. The number of rotatable bonds is 30. The molecule has 654 valence electrons. The predicted molar refractivity (Wildman–Crippen MR) is 440 cm³/mol. The normalized spacial score (nSPS) is 27.7. The predicted octanol–water partition coefficient (Wildman–Crippen LogP) is 9.98. The summed E-state index contributed by atoms with van der Waals surface area (Å²) >= 11 is 15.2. The van der Waals surface area contributed by atoms with E-state index in [-0.39, 0.29) is 95.8 Å². The molecule has 4 aliphatic heterocycles. The molecular weight excluding hydrogens is 1630 g/mol. The Labute approximate surface area is 714 Å². The summed E-state index contributed by atoms with van der Waals surface area (Å²) in [4.78, 5) is 133. The van der Waals surface area contributed by atoms with Crippen molar-refractivity contribution in [3.05, 3.63) is 63.8 Å². The summed E-state index contributed by atoms with van der Waals surface area (Å²) in [5.41, 5.74) is -3.78. The van der Waals surface area contributed by atoms with Crippen LogP contribution in [0.5, 0.6) is 46.0 Å². The number of H-pyrrole nitrogens is 1. The van der Waals surface area contributed by atoms with Gasteiger partial charge >= 0.3 is 29.3 Å². The third-order valence-corrected chi connectivity index (χ3v) is 26.6. The van der Waals surface area contributed by atoms with Gasteiger partial charge in [-0.15, -0.1) is 5.10 Å². The Kier molecular flexibility index (Phi) is 25.6. The molecule has 121 heavy (non-hydrogen) atoms. The average Bonchev–Trinajstić information content (AvgIpc) is 1.70. The van der Waals surface area contributed by atoms with E-state index in [1.54, 1.807) is 49.5 Å². The highest BCUT2D eigenvalue weighted by Gasteiger charge is 2.63. The van der Waals surface area contributed by atoms with Crippen LogP contribution in [0.1, 0.15) is 137 Å². The number of carboxylic acid groups (broad SMARTS) is 2. The Balaban J connectivity index is 0.000000188. The SMILES string of the molecule is CC[C@@H]1C[C@]1(NC(=O)[C@@H]1C[C@@H](Oc2cc(Oc3ncc[nH]3)nc3c(Cl)c(OCCN4CCOCC4)ccc23)CN1C(=O)[C@@H](NC(=O)OC1C[C@@H]2C[C@@H]2C1)C(C)(C)C)C(=O)O.CC[C@@H]1C[C@]1(NC(=O)[C@@H]1C[C@@H](Oc2cc(Oc3nnc(C)s3)nc3c(Cl)c(OCCN4CCOCC4)ccc23)CN1C(=O)[C@@H](NC(=O)OC1C[C@@H]2C[C@@H]2C1)C(C)(C)C)C(=O)O. The summed E-state index contributed by atoms with van der Waals surface area (Å²) in [6, 6.07) is 5.98. The molecule has 4 saturated heterocycles. The standard InChI is InChI=1S/C42H54ClN7O10S.C42H54ClN7O10/c1-6-25-20-42(25,38(53)54)46-36(51)29-18-27(21-50(29)37(52)35(41(3,4)5)45-39(55)59-26-16-23-15-24(23)17-26)58-31-19-32(60-40-48-47-22(2)61-40)44-34-28(31)7-8-30(33(34)43)57-14-11-49-9-12-56-13-10-49;1-5-25-21-42(25,38(53)54)48-36(51)29-19-27(22-50(29)37(52)35(41(2,3)4)47-40(55)59-26-17-23-16-24(23)18-26)58-31-20-32(60-39-44-8-9-45-39)46-34-28(31)6-7-30(33(34)43)57-15-12-49-10-13-56-14-11-49/h7-8,19,23-27,29,35H,6,9-18,20-21H2,1-5H3,(H,45,55)(H,46,51)(H,53,54);6-9,20,23-27,29,35H,5,10-19,21-22H2,1-4H3,(H,44,45)(H,47,55)(H,48,51)(H,53,54)/t2*23-,24+,25-,26?,27-,29+,35-,42-/m11/s1. The maximum absolute atomic E-state index is 14.7. The van der Waals surface area contributed by atoms with Crippen LogP contribution in [-0.4, -0.2) is 259 Å². The number of hydrogen-bond donors (Lipinski definition) is 7. The molecule has 16 atom stereocenters. The number of aromatic amines is 1. The molecule has 10 fully saturated rings. The quantitative estimate of drug-likeness (QED) is 0.0220. The number of halogens is 2. The van der Waals surface area contributed by atoms with Crippen molar-refractivity contribution < 1.29 is 95.9 Å². The van der Waals surface area contributed by atoms with Gasteiger partial charge in [-0.3, -0.25) is 29.0 Å². The summed E-state index contributed by atoms with van der Waals surface area (Å²) in [5.74, 6) is -0.953. The Morgan fingerprint density at radius 2 is 1.02 bits per heavy atom. The Bertz CT molecular complexity index is 4830. The van der Waals surface area contributed by atoms with E-state index >= 15 is 0 Å². The molecule has 37 heteroatoms. The number of aryl methyl sites for hydroxylation is 1. The minimum absolute atomic E-state index is 0.0162. The maximum Gasteiger partial charge on any atom is 0.408 e. The second-order valence-electron chi connectivity index (χ2n) is 35.8. The number of morpholine rings is 2. The Morgan fingerprint density at radius 3 is 1.39 bits per heavy atom. The van der Waals surface area contributed by atoms with E-state index in [0.29, 0.717) is 139 Å². The molecule has 0 bridgehead atoms. The fraction of sp³-hybridized carbons (Fsp3) is 0.631. The molecule has 34 nitrogen and oxygen atoms in total. The molecule has 6 saturated carbocycles. The largest absolute Gasteiger partial charge is 0.491 e. The molecule has 2 unspecified atom stereocenters. The summed E-state index contributed by atoms with van der Waals surface area (Å²) in [6.45, 7) is 24.5. The van der Waals surface area contributed by atoms with Crippen LogP contribution >= 0.6 is 34.5 Å². The van der Waals surface area contributed by atoms with Gasteiger partial charge in [0.25, 0.3) is 6.01 Å². The number of amides is 6. The third-order valence-electron chi connectivity index (χ3n) is 25.2. The van der Waals surface area contributed by atoms with E-state index in [4.69, 9.17) is 80.5 Å². The highest BCUT2D eigenvalue weighted by Crippen LogP contribution is 2.54. The van der Waals surface area contributed by atoms with Crippen molar-refractivity contribution in [3.8, 4) is 46.0 Å². The number of carboxylic acids is 2. The first-order chi connectivity index (χ1) is 57.8. The Hall–Kier alpha value is -9.39. The number of nitrogens with one attached hydrogen (secondary N) is 5. The lowest BCUT2D eigenvalue weighted by molar-refractivity contribution is -0.146. The number of hydrogen-bond acceptors (Lipinski definition) is 26. The molecule has 4 aromatic heterocycles. The minimum Gasteiger partial charge on any atom is -0.491 e. The number of carbonyl (C=O) groups excluding carboxylic acids is 6. The van der Waals surface area contributed by atoms with Crippen LogP contribution in [0.4, 0.5) is 9.59 Å². The molecule has 0 radical (unpaired) electrons. The van der Waals surface area contributed by atoms with E-state index in [2.05, 4.69) is 51.2 Å². The van der Waals surface area contributed by atoms with Gasteiger partial charge in [-0.05, 0) is 129 Å². The number of benzene rings is 2. The van der Waals surface area contributed by atoms with Crippen molar-refractivity contribution in [2.75, 3.05) is 92.0 Å². The topological polar surface area (TPSA) is 411 Å². The van der Waals surface area contributed by atoms with Gasteiger partial charge in [0.2, 0.25) is 35.4 Å². The molecule has 2 aromatic carbocycles. The number of alkyl carbamates (subject to hydrolysis) is 2. The molecule has 10 aliphatic rings. The van der Waals surface area contributed by atoms with Gasteiger partial charge in [0.1, 0.15) is 122 Å². The Morgan fingerprint density at radius 1 is 0.587 bits per heavy atom. The number of imidazole rings is 1. The molecule has 8 heterocycles. The second-order valence-corrected chi connectivity index (χ2v) is 37.7. The van der Waals surface area contributed by atoms with E-state index in [1.165, 1.54) is 40.2 Å². The smallest absolute Gasteiger partial charge is 0.408 e. The monoisotopic (exact) mass is 1730 g/mol. The van der Waals surface area contributed by atoms with Gasteiger partial charge in [0.05, 0.1) is 39.5 Å². The van der Waals surface area contributed by atoms with Crippen LogP contribution in [0.25, 0.3) is 21.8 Å². The fourth-order valence-corrected chi connectivity index (χ4v) is 19.0. The highest BCUT2D eigenvalue weighted by atomic mass is 35.5. The number of nitrogens with zero attached hydrogens (tertiary/aromatic N) is 9. The summed E-state index contributed by atoms with van der Waals surface area (Å²) < 4.78 is 60.1. The first kappa shape index (κ1) is 86.5. The number of aromatic nitrogens is 6. The number of ether oxygens (including phenoxy) is 10. The number of pyridine rings is 2. The van der Waals surface area contributed by atoms with Gasteiger partial charge in [0, 0.05) is 87.4 Å². The highest BCUT2D eigenvalue weighted by molar-refractivity contribution is 7.13. The third kappa shape index (κ3) is 19.8. The van der Waals surface area contributed by atoms with Crippen LogP contribution in [0.3, 0.4) is 0 Å².